The number of hydrogen-bond donors (Lipinski definition) is 1. The molecule has 0 unspecified atom stereocenters. The van der Waals surface area contributed by atoms with Crippen LogP contribution in [0.4, 0.5) is 5.69 Å². The molecule has 1 aromatic carbocycles. The van der Waals surface area contributed by atoms with Crippen LogP contribution in [0.25, 0.3) is 0 Å². The molecule has 0 radical (unpaired) electrons. The molecule has 0 bridgehead atoms. The highest BCUT2D eigenvalue weighted by molar-refractivity contribution is 5.66. The van der Waals surface area contributed by atoms with Gasteiger partial charge in [-0.2, -0.15) is 0 Å². The van der Waals surface area contributed by atoms with E-state index < -0.39 is 0 Å². The van der Waals surface area contributed by atoms with Crippen molar-refractivity contribution in [2.45, 2.75) is 19.8 Å². The summed E-state index contributed by atoms with van der Waals surface area (Å²) in [7, 11) is 5.47. The lowest BCUT2D eigenvalue weighted by Gasteiger charge is -2.28. The highest BCUT2D eigenvalue weighted by Gasteiger charge is 2.42. The second-order valence-electron chi connectivity index (χ2n) is 5.56. The molecule has 2 N–H and O–H groups in total. The second-order valence-corrected chi connectivity index (χ2v) is 5.56. The molecule has 0 atom stereocenters. The molecule has 1 aliphatic carbocycles. The van der Waals surface area contributed by atoms with Gasteiger partial charge in [0.25, 0.3) is 0 Å². The first-order valence-corrected chi connectivity index (χ1v) is 6.69. The number of methoxy groups -OCH3 is 2. The Kier molecular flexibility index (Phi) is 3.90. The summed E-state index contributed by atoms with van der Waals surface area (Å²) in [5.74, 6) is 1.68. The van der Waals surface area contributed by atoms with Gasteiger partial charge in [-0.1, -0.05) is 0 Å². The summed E-state index contributed by atoms with van der Waals surface area (Å²) in [5, 5.41) is 0. The average molecular weight is 264 g/mol. The highest BCUT2D eigenvalue weighted by atomic mass is 16.5. The van der Waals surface area contributed by atoms with Crippen molar-refractivity contribution >= 4 is 5.69 Å². The number of aryl methyl sites for hydroxylation is 1. The molecule has 106 valence electrons. The molecule has 1 aromatic rings. The Morgan fingerprint density at radius 1 is 1.26 bits per heavy atom. The van der Waals surface area contributed by atoms with E-state index in [1.165, 1.54) is 12.8 Å². The number of nitrogens with zero attached hydrogens (tertiary/aromatic N) is 1. The van der Waals surface area contributed by atoms with Gasteiger partial charge >= 0.3 is 0 Å². The maximum absolute atomic E-state index is 5.87. The summed E-state index contributed by atoms with van der Waals surface area (Å²) in [6.07, 6.45) is 2.46. The molecule has 0 saturated heterocycles. The van der Waals surface area contributed by atoms with Crippen molar-refractivity contribution in [3.8, 4) is 11.5 Å². The Morgan fingerprint density at radius 2 is 1.95 bits per heavy atom. The molecule has 0 heterocycles. The zero-order valence-electron chi connectivity index (χ0n) is 12.3. The van der Waals surface area contributed by atoms with Gasteiger partial charge in [-0.05, 0) is 37.9 Å². The van der Waals surface area contributed by atoms with Crippen LogP contribution in [0.3, 0.4) is 0 Å². The predicted molar refractivity (Wildman–Crippen MR) is 78.3 cm³/mol. The number of rotatable bonds is 6. The van der Waals surface area contributed by atoms with Crippen molar-refractivity contribution < 1.29 is 9.47 Å². The van der Waals surface area contributed by atoms with Crippen LogP contribution < -0.4 is 20.1 Å². The highest BCUT2D eigenvalue weighted by Crippen LogP contribution is 2.46. The zero-order valence-corrected chi connectivity index (χ0v) is 12.3. The first-order valence-electron chi connectivity index (χ1n) is 6.69. The fourth-order valence-corrected chi connectivity index (χ4v) is 2.66. The van der Waals surface area contributed by atoms with Crippen molar-refractivity contribution in [1.29, 1.82) is 0 Å². The third-order valence-corrected chi connectivity index (χ3v) is 4.04. The predicted octanol–water partition coefficient (Wildman–Crippen LogP) is 2.19. The molecule has 2 rings (SSSR count). The van der Waals surface area contributed by atoms with Crippen molar-refractivity contribution in [3.63, 3.8) is 0 Å². The first-order chi connectivity index (χ1) is 9.05. The van der Waals surface area contributed by atoms with E-state index in [9.17, 15) is 0 Å². The van der Waals surface area contributed by atoms with Crippen molar-refractivity contribution in [2.24, 2.45) is 11.1 Å². The summed E-state index contributed by atoms with van der Waals surface area (Å²) in [4.78, 5) is 2.26. The van der Waals surface area contributed by atoms with Crippen molar-refractivity contribution in [1.82, 2.24) is 0 Å². The zero-order chi connectivity index (χ0) is 14.0. The largest absolute Gasteiger partial charge is 0.497 e. The molecule has 1 aliphatic rings. The topological polar surface area (TPSA) is 47.7 Å². The molecule has 4 nitrogen and oxygen atoms in total. The second kappa shape index (κ2) is 5.29. The maximum Gasteiger partial charge on any atom is 0.146 e. The van der Waals surface area contributed by atoms with Crippen LogP contribution in [0.15, 0.2) is 12.1 Å². The van der Waals surface area contributed by atoms with E-state index >= 15 is 0 Å². The van der Waals surface area contributed by atoms with Crippen LogP contribution in [0, 0.1) is 12.3 Å². The van der Waals surface area contributed by atoms with E-state index in [1.807, 2.05) is 12.1 Å². The van der Waals surface area contributed by atoms with E-state index in [0.717, 1.165) is 35.8 Å². The minimum absolute atomic E-state index is 0.312. The molecular weight excluding hydrogens is 240 g/mol. The van der Waals surface area contributed by atoms with Gasteiger partial charge in [0, 0.05) is 25.1 Å². The molecule has 0 aliphatic heterocycles. The van der Waals surface area contributed by atoms with Gasteiger partial charge in [-0.3, -0.25) is 0 Å². The molecule has 1 saturated carbocycles. The van der Waals surface area contributed by atoms with E-state index in [-0.39, 0.29) is 0 Å². The summed E-state index contributed by atoms with van der Waals surface area (Å²) in [5.41, 5.74) is 8.47. The van der Waals surface area contributed by atoms with Crippen molar-refractivity contribution in [2.75, 3.05) is 39.3 Å². The molecule has 4 heteroatoms. The lowest BCUT2D eigenvalue weighted by atomic mass is 10.1. The summed E-state index contributed by atoms with van der Waals surface area (Å²) >= 11 is 0. The Hall–Kier alpha value is -1.42. The van der Waals surface area contributed by atoms with Crippen LogP contribution >= 0.6 is 0 Å². The fourth-order valence-electron chi connectivity index (χ4n) is 2.66. The SMILES string of the molecule is COc1cc(C)c(N(C)CC2(CN)CC2)c(OC)c1. The molecule has 0 aromatic heterocycles. The van der Waals surface area contributed by atoms with Crippen LogP contribution in [0.5, 0.6) is 11.5 Å². The molecule has 19 heavy (non-hydrogen) atoms. The van der Waals surface area contributed by atoms with Gasteiger partial charge in [0.2, 0.25) is 0 Å². The smallest absolute Gasteiger partial charge is 0.146 e. The normalized spacial score (nSPS) is 16.1. The van der Waals surface area contributed by atoms with Gasteiger partial charge in [-0.15, -0.1) is 0 Å². The molecule has 0 amide bonds. The van der Waals surface area contributed by atoms with E-state index in [1.54, 1.807) is 14.2 Å². The van der Waals surface area contributed by atoms with Gasteiger partial charge in [-0.25, -0.2) is 0 Å². The fraction of sp³-hybridized carbons (Fsp3) is 0.600. The van der Waals surface area contributed by atoms with Gasteiger partial charge < -0.3 is 20.1 Å². The maximum atomic E-state index is 5.87. The number of anilines is 1. The Morgan fingerprint density at radius 3 is 2.42 bits per heavy atom. The average Bonchev–Trinajstić information content (AvgIpc) is 3.17. The van der Waals surface area contributed by atoms with E-state index in [4.69, 9.17) is 15.2 Å². The minimum atomic E-state index is 0.312. The Bertz CT molecular complexity index is 456. The van der Waals surface area contributed by atoms with Crippen LogP contribution in [-0.2, 0) is 0 Å². The summed E-state index contributed by atoms with van der Waals surface area (Å²) in [6, 6.07) is 3.97. The van der Waals surface area contributed by atoms with E-state index in [2.05, 4.69) is 18.9 Å². The van der Waals surface area contributed by atoms with Crippen LogP contribution in [0.1, 0.15) is 18.4 Å². The third-order valence-electron chi connectivity index (χ3n) is 4.04. The standard InChI is InChI=1S/C15H24N2O2/c1-11-7-12(18-3)8-13(19-4)14(11)17(2)10-15(9-16)5-6-15/h7-8H,5-6,9-10,16H2,1-4H3. The first kappa shape index (κ1) is 14.0. The van der Waals surface area contributed by atoms with Gasteiger partial charge in [0.05, 0.1) is 19.9 Å². The minimum Gasteiger partial charge on any atom is -0.497 e. The van der Waals surface area contributed by atoms with E-state index in [0.29, 0.717) is 5.41 Å². The quantitative estimate of drug-likeness (QED) is 0.855. The number of benzene rings is 1. The summed E-state index contributed by atoms with van der Waals surface area (Å²) < 4.78 is 10.8. The van der Waals surface area contributed by atoms with Crippen LogP contribution in [-0.4, -0.2) is 34.4 Å². The van der Waals surface area contributed by atoms with Crippen molar-refractivity contribution in [3.05, 3.63) is 17.7 Å². The lowest BCUT2D eigenvalue weighted by Crippen LogP contribution is -2.32. The van der Waals surface area contributed by atoms with Crippen LogP contribution in [0.2, 0.25) is 0 Å². The van der Waals surface area contributed by atoms with Gasteiger partial charge in [0.1, 0.15) is 11.5 Å². The molecule has 0 spiro atoms. The monoisotopic (exact) mass is 264 g/mol. The van der Waals surface area contributed by atoms with Gasteiger partial charge in [0.15, 0.2) is 0 Å². The Balaban J connectivity index is 2.27. The number of nitrogens with two attached hydrogens (primary N) is 1. The summed E-state index contributed by atoms with van der Waals surface area (Å²) in [6.45, 7) is 3.82. The Labute approximate surface area is 115 Å². The molecular formula is C15H24N2O2. The molecule has 1 fully saturated rings. The number of ether oxygens (including phenoxy) is 2. The number of hydrogen-bond acceptors (Lipinski definition) is 4. The third kappa shape index (κ3) is 2.78. The lowest BCUT2D eigenvalue weighted by molar-refractivity contribution is 0.393.